The van der Waals surface area contributed by atoms with Crippen molar-refractivity contribution in [2.24, 2.45) is 0 Å². The molecule has 7 heteroatoms. The fourth-order valence-corrected chi connectivity index (χ4v) is 3.77. The quantitative estimate of drug-likeness (QED) is 0.431. The van der Waals surface area contributed by atoms with E-state index in [1.54, 1.807) is 18.2 Å². The lowest BCUT2D eigenvalue weighted by Crippen LogP contribution is -2.15. The highest BCUT2D eigenvalue weighted by atomic mass is 35.5. The fraction of sp³-hybridized carbons (Fsp3) is 0.190. The van der Waals surface area contributed by atoms with Gasteiger partial charge in [-0.2, -0.15) is 0 Å². The Morgan fingerprint density at radius 2 is 2.00 bits per heavy atom. The molecule has 0 fully saturated rings. The first-order valence-electron chi connectivity index (χ1n) is 8.78. The van der Waals surface area contributed by atoms with E-state index in [0.29, 0.717) is 16.7 Å². The highest BCUT2D eigenvalue weighted by Gasteiger charge is 2.16. The summed E-state index contributed by atoms with van der Waals surface area (Å²) in [6.07, 6.45) is 1.80. The van der Waals surface area contributed by atoms with Crippen molar-refractivity contribution in [3.05, 3.63) is 71.3 Å². The van der Waals surface area contributed by atoms with Gasteiger partial charge in [-0.3, -0.25) is 9.36 Å². The van der Waals surface area contributed by atoms with Crippen LogP contribution >= 0.6 is 23.4 Å². The molecule has 0 atom stereocenters. The van der Waals surface area contributed by atoms with Crippen LogP contribution in [0.4, 0.5) is 5.69 Å². The normalized spacial score (nSPS) is 10.7. The Labute approximate surface area is 173 Å². The van der Waals surface area contributed by atoms with Crippen LogP contribution in [0.15, 0.2) is 60.3 Å². The minimum Gasteiger partial charge on any atom is -0.325 e. The van der Waals surface area contributed by atoms with Gasteiger partial charge in [0.1, 0.15) is 0 Å². The number of benzene rings is 2. The summed E-state index contributed by atoms with van der Waals surface area (Å²) in [5, 5.41) is 12.9. The molecule has 144 valence electrons. The first kappa shape index (κ1) is 20.2. The van der Waals surface area contributed by atoms with Crippen molar-refractivity contribution in [3.8, 4) is 11.4 Å². The maximum absolute atomic E-state index is 12.4. The van der Waals surface area contributed by atoms with Crippen LogP contribution in [0, 0.1) is 13.8 Å². The predicted octanol–water partition coefficient (Wildman–Crippen LogP) is 5.13. The molecule has 3 rings (SSSR count). The predicted molar refractivity (Wildman–Crippen MR) is 116 cm³/mol. The summed E-state index contributed by atoms with van der Waals surface area (Å²) in [6.45, 7) is 8.34. The zero-order valence-corrected chi connectivity index (χ0v) is 17.3. The van der Waals surface area contributed by atoms with Crippen LogP contribution in [-0.4, -0.2) is 26.4 Å². The van der Waals surface area contributed by atoms with Crippen LogP contribution in [-0.2, 0) is 11.3 Å². The lowest BCUT2D eigenvalue weighted by molar-refractivity contribution is -0.113. The van der Waals surface area contributed by atoms with E-state index in [1.165, 1.54) is 11.8 Å². The summed E-state index contributed by atoms with van der Waals surface area (Å²) in [6, 6.07) is 13.4. The molecule has 0 bridgehead atoms. The van der Waals surface area contributed by atoms with E-state index in [0.717, 1.165) is 28.2 Å². The summed E-state index contributed by atoms with van der Waals surface area (Å²) in [5.74, 6) is 0.890. The van der Waals surface area contributed by atoms with Crippen molar-refractivity contribution < 1.29 is 4.79 Å². The molecule has 1 heterocycles. The number of thioether (sulfide) groups is 1. The van der Waals surface area contributed by atoms with Gasteiger partial charge in [0, 0.05) is 22.8 Å². The summed E-state index contributed by atoms with van der Waals surface area (Å²) in [5.41, 5.74) is 3.81. The van der Waals surface area contributed by atoms with E-state index in [2.05, 4.69) is 22.1 Å². The molecule has 0 unspecified atom stereocenters. The molecule has 0 aliphatic heterocycles. The average molecular weight is 413 g/mol. The van der Waals surface area contributed by atoms with Gasteiger partial charge in [0.25, 0.3) is 0 Å². The van der Waals surface area contributed by atoms with Crippen LogP contribution in [0.2, 0.25) is 5.02 Å². The zero-order valence-electron chi connectivity index (χ0n) is 15.8. The smallest absolute Gasteiger partial charge is 0.234 e. The molecule has 0 saturated carbocycles. The Morgan fingerprint density at radius 1 is 1.21 bits per heavy atom. The van der Waals surface area contributed by atoms with Gasteiger partial charge in [-0.05, 0) is 43.2 Å². The molecule has 0 aliphatic carbocycles. The Bertz CT molecular complexity index is 1020. The van der Waals surface area contributed by atoms with Crippen molar-refractivity contribution in [2.75, 3.05) is 11.1 Å². The third-order valence-electron chi connectivity index (χ3n) is 4.21. The molecule has 5 nitrogen and oxygen atoms in total. The summed E-state index contributed by atoms with van der Waals surface area (Å²) >= 11 is 7.31. The van der Waals surface area contributed by atoms with E-state index < -0.39 is 0 Å². The van der Waals surface area contributed by atoms with Gasteiger partial charge in [-0.1, -0.05) is 53.7 Å². The molecule has 28 heavy (non-hydrogen) atoms. The number of allylic oxidation sites excluding steroid dienone is 1. The van der Waals surface area contributed by atoms with Crippen LogP contribution < -0.4 is 5.32 Å². The van der Waals surface area contributed by atoms with Gasteiger partial charge in [-0.15, -0.1) is 16.8 Å². The Hall–Kier alpha value is -2.57. The number of amides is 1. The lowest BCUT2D eigenvalue weighted by atomic mass is 10.1. The number of carbonyl (C=O) groups is 1. The summed E-state index contributed by atoms with van der Waals surface area (Å²) in [7, 11) is 0. The number of rotatable bonds is 7. The van der Waals surface area contributed by atoms with Crippen LogP contribution in [0.25, 0.3) is 11.4 Å². The van der Waals surface area contributed by atoms with E-state index in [-0.39, 0.29) is 11.7 Å². The standard InChI is InChI=1S/C21H21ClN4OS/c1-4-11-26-20(17-8-6-5-7-14(17)2)24-25-21(26)28-13-19(27)23-18-10-9-16(22)12-15(18)3/h4-10,12H,1,11,13H2,2-3H3,(H,23,27). The molecular formula is C21H21ClN4OS. The zero-order chi connectivity index (χ0) is 20.1. The molecule has 1 amide bonds. The highest BCUT2D eigenvalue weighted by molar-refractivity contribution is 7.99. The number of anilines is 1. The van der Waals surface area contributed by atoms with Gasteiger partial charge in [0.2, 0.25) is 5.91 Å². The third kappa shape index (κ3) is 4.64. The van der Waals surface area contributed by atoms with Crippen LogP contribution in [0.3, 0.4) is 0 Å². The van der Waals surface area contributed by atoms with Crippen molar-refractivity contribution in [2.45, 2.75) is 25.5 Å². The molecule has 1 aromatic heterocycles. The number of halogens is 1. The minimum atomic E-state index is -0.110. The van der Waals surface area contributed by atoms with Crippen LogP contribution in [0.5, 0.6) is 0 Å². The second-order valence-electron chi connectivity index (χ2n) is 6.32. The third-order valence-corrected chi connectivity index (χ3v) is 5.41. The topological polar surface area (TPSA) is 59.8 Å². The average Bonchev–Trinajstić information content (AvgIpc) is 3.06. The maximum atomic E-state index is 12.4. The van der Waals surface area contributed by atoms with Crippen molar-refractivity contribution in [1.82, 2.24) is 14.8 Å². The maximum Gasteiger partial charge on any atom is 0.234 e. The van der Waals surface area contributed by atoms with E-state index in [4.69, 9.17) is 11.6 Å². The molecule has 1 N–H and O–H groups in total. The largest absolute Gasteiger partial charge is 0.325 e. The van der Waals surface area contributed by atoms with Gasteiger partial charge >= 0.3 is 0 Å². The molecular weight excluding hydrogens is 392 g/mol. The number of hydrogen-bond donors (Lipinski definition) is 1. The molecule has 3 aromatic rings. The van der Waals surface area contributed by atoms with Crippen molar-refractivity contribution in [3.63, 3.8) is 0 Å². The van der Waals surface area contributed by atoms with Crippen molar-refractivity contribution >= 4 is 35.0 Å². The second-order valence-corrected chi connectivity index (χ2v) is 7.70. The highest BCUT2D eigenvalue weighted by Crippen LogP contribution is 2.27. The number of aromatic nitrogens is 3. The number of nitrogens with zero attached hydrogens (tertiary/aromatic N) is 3. The van der Waals surface area contributed by atoms with Gasteiger partial charge in [0.05, 0.1) is 5.75 Å². The Balaban J connectivity index is 1.74. The van der Waals surface area contributed by atoms with E-state index >= 15 is 0 Å². The SMILES string of the molecule is C=CCn1c(SCC(=O)Nc2ccc(Cl)cc2C)nnc1-c1ccccc1C. The number of hydrogen-bond acceptors (Lipinski definition) is 4. The molecule has 0 aliphatic rings. The van der Waals surface area contributed by atoms with E-state index in [1.807, 2.05) is 48.7 Å². The first-order chi connectivity index (χ1) is 13.5. The molecule has 0 spiro atoms. The van der Waals surface area contributed by atoms with E-state index in [9.17, 15) is 4.79 Å². The Morgan fingerprint density at radius 3 is 2.71 bits per heavy atom. The van der Waals surface area contributed by atoms with Gasteiger partial charge in [0.15, 0.2) is 11.0 Å². The summed E-state index contributed by atoms with van der Waals surface area (Å²) < 4.78 is 1.97. The van der Waals surface area contributed by atoms with Crippen LogP contribution in [0.1, 0.15) is 11.1 Å². The second kappa shape index (κ2) is 9.08. The molecule has 2 aromatic carbocycles. The molecule has 0 radical (unpaired) electrons. The monoisotopic (exact) mass is 412 g/mol. The van der Waals surface area contributed by atoms with Gasteiger partial charge in [-0.25, -0.2) is 0 Å². The first-order valence-corrected chi connectivity index (χ1v) is 10.1. The Kier molecular flexibility index (Phi) is 6.54. The fourth-order valence-electron chi connectivity index (χ4n) is 2.80. The summed E-state index contributed by atoms with van der Waals surface area (Å²) in [4.78, 5) is 12.4. The molecule has 0 saturated heterocycles. The van der Waals surface area contributed by atoms with Gasteiger partial charge < -0.3 is 5.32 Å². The lowest BCUT2D eigenvalue weighted by Gasteiger charge is -2.10. The van der Waals surface area contributed by atoms with Crippen molar-refractivity contribution in [1.29, 1.82) is 0 Å². The number of aryl methyl sites for hydroxylation is 2. The number of carbonyl (C=O) groups excluding carboxylic acids is 1. The minimum absolute atomic E-state index is 0.110. The number of nitrogens with one attached hydrogen (secondary N) is 1.